The van der Waals surface area contributed by atoms with Gasteiger partial charge in [0.1, 0.15) is 12.4 Å². The fourth-order valence-corrected chi connectivity index (χ4v) is 2.54. The summed E-state index contributed by atoms with van der Waals surface area (Å²) >= 11 is 0. The number of rotatable bonds is 9. The van der Waals surface area contributed by atoms with Crippen molar-refractivity contribution in [2.24, 2.45) is 5.92 Å². The van der Waals surface area contributed by atoms with Crippen molar-refractivity contribution in [1.82, 2.24) is 4.90 Å². The van der Waals surface area contributed by atoms with Crippen molar-refractivity contribution in [2.45, 2.75) is 20.5 Å². The summed E-state index contributed by atoms with van der Waals surface area (Å²) < 4.78 is 10.9. The van der Waals surface area contributed by atoms with Crippen LogP contribution in [0, 0.1) is 5.92 Å². The first kappa shape index (κ1) is 19.0. The van der Waals surface area contributed by atoms with Gasteiger partial charge < -0.3 is 14.4 Å². The lowest BCUT2D eigenvalue weighted by Gasteiger charge is -2.24. The third kappa shape index (κ3) is 6.24. The maximum absolute atomic E-state index is 12.7. The topological polar surface area (TPSA) is 38.8 Å². The molecule has 0 aliphatic rings. The van der Waals surface area contributed by atoms with Crippen LogP contribution in [0.3, 0.4) is 0 Å². The van der Waals surface area contributed by atoms with Gasteiger partial charge in [-0.1, -0.05) is 44.2 Å². The lowest BCUT2D eigenvalue weighted by molar-refractivity contribution is 0.0672. The molecular weight excluding hydrogens is 314 g/mol. The molecule has 0 bridgehead atoms. The number of carbonyl (C=O) groups excluding carboxylic acids is 1. The Labute approximate surface area is 150 Å². The highest BCUT2D eigenvalue weighted by molar-refractivity contribution is 5.94. The van der Waals surface area contributed by atoms with E-state index in [4.69, 9.17) is 9.47 Å². The number of methoxy groups -OCH3 is 1. The van der Waals surface area contributed by atoms with Crippen molar-refractivity contribution in [1.29, 1.82) is 0 Å². The molecule has 0 N–H and O–H groups in total. The highest BCUT2D eigenvalue weighted by atomic mass is 16.5. The van der Waals surface area contributed by atoms with E-state index in [1.807, 2.05) is 59.5 Å². The molecular formula is C21H27NO3. The molecule has 0 aliphatic heterocycles. The van der Waals surface area contributed by atoms with Crippen LogP contribution in [-0.4, -0.2) is 37.6 Å². The molecule has 4 nitrogen and oxygen atoms in total. The normalized spacial score (nSPS) is 10.7. The average molecular weight is 341 g/mol. The van der Waals surface area contributed by atoms with E-state index in [9.17, 15) is 4.79 Å². The Kier molecular flexibility index (Phi) is 7.48. The summed E-state index contributed by atoms with van der Waals surface area (Å²) in [7, 11) is 1.65. The molecule has 2 rings (SSSR count). The molecule has 0 fully saturated rings. The molecule has 0 unspecified atom stereocenters. The fourth-order valence-electron chi connectivity index (χ4n) is 2.54. The van der Waals surface area contributed by atoms with Crippen LogP contribution in [0.15, 0.2) is 54.6 Å². The Balaban J connectivity index is 1.97. The van der Waals surface area contributed by atoms with E-state index in [1.54, 1.807) is 7.11 Å². The number of nitrogens with zero attached hydrogens (tertiary/aromatic N) is 1. The van der Waals surface area contributed by atoms with Gasteiger partial charge in [-0.25, -0.2) is 0 Å². The maximum atomic E-state index is 12.7. The van der Waals surface area contributed by atoms with Gasteiger partial charge in [0.25, 0.3) is 5.91 Å². The van der Waals surface area contributed by atoms with Gasteiger partial charge in [-0.15, -0.1) is 0 Å². The molecule has 0 atom stereocenters. The second kappa shape index (κ2) is 9.84. The van der Waals surface area contributed by atoms with Gasteiger partial charge in [0, 0.05) is 25.8 Å². The Bertz CT molecular complexity index is 638. The number of hydrogen-bond donors (Lipinski definition) is 0. The van der Waals surface area contributed by atoms with E-state index in [0.717, 1.165) is 11.3 Å². The van der Waals surface area contributed by atoms with Crippen LogP contribution in [0.1, 0.15) is 29.8 Å². The van der Waals surface area contributed by atoms with E-state index in [1.165, 1.54) is 0 Å². The minimum absolute atomic E-state index is 0.0281. The van der Waals surface area contributed by atoms with Gasteiger partial charge in [0.15, 0.2) is 0 Å². The summed E-state index contributed by atoms with van der Waals surface area (Å²) in [6.07, 6.45) is 0. The molecule has 0 radical (unpaired) electrons. The van der Waals surface area contributed by atoms with Crippen LogP contribution in [0.4, 0.5) is 0 Å². The quantitative estimate of drug-likeness (QED) is 0.692. The van der Waals surface area contributed by atoms with E-state index < -0.39 is 0 Å². The van der Waals surface area contributed by atoms with E-state index >= 15 is 0 Å². The van der Waals surface area contributed by atoms with Gasteiger partial charge >= 0.3 is 0 Å². The Morgan fingerprint density at radius 1 is 1.04 bits per heavy atom. The first-order valence-electron chi connectivity index (χ1n) is 8.65. The molecule has 134 valence electrons. The first-order chi connectivity index (χ1) is 12.1. The summed E-state index contributed by atoms with van der Waals surface area (Å²) in [5.74, 6) is 1.20. The van der Waals surface area contributed by atoms with Gasteiger partial charge in [-0.2, -0.15) is 0 Å². The highest BCUT2D eigenvalue weighted by Crippen LogP contribution is 2.16. The summed E-state index contributed by atoms with van der Waals surface area (Å²) in [4.78, 5) is 14.5. The van der Waals surface area contributed by atoms with Crippen LogP contribution < -0.4 is 4.74 Å². The lowest BCUT2D eigenvalue weighted by atomic mass is 10.1. The molecule has 0 heterocycles. The predicted octanol–water partition coefficient (Wildman–Crippen LogP) is 4.01. The molecule has 2 aromatic carbocycles. The average Bonchev–Trinajstić information content (AvgIpc) is 2.64. The third-order valence-corrected chi connectivity index (χ3v) is 3.79. The zero-order valence-corrected chi connectivity index (χ0v) is 15.3. The summed E-state index contributed by atoms with van der Waals surface area (Å²) in [6, 6.07) is 17.4. The second-order valence-corrected chi connectivity index (χ2v) is 6.44. The van der Waals surface area contributed by atoms with Crippen molar-refractivity contribution in [2.75, 3.05) is 26.8 Å². The number of benzene rings is 2. The number of carbonyl (C=O) groups is 1. The van der Waals surface area contributed by atoms with Crippen molar-refractivity contribution in [3.63, 3.8) is 0 Å². The van der Waals surface area contributed by atoms with E-state index in [-0.39, 0.29) is 5.91 Å². The number of amides is 1. The Hall–Kier alpha value is -2.33. The molecule has 0 saturated carbocycles. The van der Waals surface area contributed by atoms with Crippen LogP contribution in [0.5, 0.6) is 5.75 Å². The third-order valence-electron chi connectivity index (χ3n) is 3.79. The van der Waals surface area contributed by atoms with Gasteiger partial charge in [-0.3, -0.25) is 4.79 Å². The SMILES string of the molecule is COCCN(CC(C)C)C(=O)c1ccc(OCc2ccccc2)cc1. The molecule has 0 aromatic heterocycles. The molecule has 0 spiro atoms. The minimum atomic E-state index is 0.0281. The highest BCUT2D eigenvalue weighted by Gasteiger charge is 2.16. The zero-order chi connectivity index (χ0) is 18.1. The smallest absolute Gasteiger partial charge is 0.253 e. The number of hydrogen-bond acceptors (Lipinski definition) is 3. The van der Waals surface area contributed by atoms with Gasteiger partial charge in [-0.05, 0) is 35.7 Å². The number of ether oxygens (including phenoxy) is 2. The largest absolute Gasteiger partial charge is 0.489 e. The van der Waals surface area contributed by atoms with Crippen molar-refractivity contribution in [3.05, 3.63) is 65.7 Å². The molecule has 0 aliphatic carbocycles. The second-order valence-electron chi connectivity index (χ2n) is 6.44. The molecule has 4 heteroatoms. The Morgan fingerprint density at radius 3 is 2.32 bits per heavy atom. The van der Waals surface area contributed by atoms with E-state index in [2.05, 4.69) is 13.8 Å². The van der Waals surface area contributed by atoms with Crippen molar-refractivity contribution < 1.29 is 14.3 Å². The molecule has 1 amide bonds. The monoisotopic (exact) mass is 341 g/mol. The molecule has 0 saturated heterocycles. The van der Waals surface area contributed by atoms with Crippen molar-refractivity contribution >= 4 is 5.91 Å². The summed E-state index contributed by atoms with van der Waals surface area (Å²) in [6.45, 7) is 6.58. The predicted molar refractivity (Wildman–Crippen MR) is 99.8 cm³/mol. The molecule has 2 aromatic rings. The van der Waals surface area contributed by atoms with Crippen LogP contribution >= 0.6 is 0 Å². The first-order valence-corrected chi connectivity index (χ1v) is 8.65. The standard InChI is InChI=1S/C21H27NO3/c1-17(2)15-22(13-14-24-3)21(23)19-9-11-20(12-10-19)25-16-18-7-5-4-6-8-18/h4-12,17H,13-16H2,1-3H3. The lowest BCUT2D eigenvalue weighted by Crippen LogP contribution is -2.36. The van der Waals surface area contributed by atoms with Crippen molar-refractivity contribution in [3.8, 4) is 5.75 Å². The summed E-state index contributed by atoms with van der Waals surface area (Å²) in [5.41, 5.74) is 1.79. The fraction of sp³-hybridized carbons (Fsp3) is 0.381. The van der Waals surface area contributed by atoms with Gasteiger partial charge in [0.05, 0.1) is 6.61 Å². The van der Waals surface area contributed by atoms with Crippen LogP contribution in [0.25, 0.3) is 0 Å². The van der Waals surface area contributed by atoms with Crippen LogP contribution in [0.2, 0.25) is 0 Å². The Morgan fingerprint density at radius 2 is 1.72 bits per heavy atom. The van der Waals surface area contributed by atoms with Crippen LogP contribution in [-0.2, 0) is 11.3 Å². The minimum Gasteiger partial charge on any atom is -0.489 e. The molecule has 25 heavy (non-hydrogen) atoms. The zero-order valence-electron chi connectivity index (χ0n) is 15.3. The summed E-state index contributed by atoms with van der Waals surface area (Å²) in [5, 5.41) is 0. The van der Waals surface area contributed by atoms with E-state index in [0.29, 0.717) is 37.8 Å². The van der Waals surface area contributed by atoms with Gasteiger partial charge in [0.2, 0.25) is 0 Å². The maximum Gasteiger partial charge on any atom is 0.253 e.